The van der Waals surface area contributed by atoms with Crippen molar-refractivity contribution in [2.24, 2.45) is 0 Å². The van der Waals surface area contributed by atoms with Gasteiger partial charge in [0.25, 0.3) is 0 Å². The highest BCUT2D eigenvalue weighted by Crippen LogP contribution is 2.42. The summed E-state index contributed by atoms with van der Waals surface area (Å²) in [7, 11) is 3.39. The van der Waals surface area contributed by atoms with Crippen LogP contribution >= 0.6 is 0 Å². The van der Waals surface area contributed by atoms with Gasteiger partial charge in [0.05, 0.1) is 25.4 Å². The second-order valence-corrected chi connectivity index (χ2v) is 8.23. The fourth-order valence-electron chi connectivity index (χ4n) is 4.12. The van der Waals surface area contributed by atoms with Gasteiger partial charge < -0.3 is 18.9 Å². The first kappa shape index (κ1) is 19.5. The number of rotatable bonds is 6. The third kappa shape index (κ3) is 4.51. The highest BCUT2D eigenvalue weighted by molar-refractivity contribution is 5.49. The van der Waals surface area contributed by atoms with E-state index in [0.29, 0.717) is 25.4 Å². The third-order valence-corrected chi connectivity index (χ3v) is 5.16. The monoisotopic (exact) mass is 363 g/mol. The Balaban J connectivity index is 1.75. The normalized spacial score (nSPS) is 23.3. The molecule has 26 heavy (non-hydrogen) atoms. The van der Waals surface area contributed by atoms with Gasteiger partial charge in [0.1, 0.15) is 6.61 Å². The van der Waals surface area contributed by atoms with Gasteiger partial charge >= 0.3 is 0 Å². The molecule has 5 heteroatoms. The summed E-state index contributed by atoms with van der Waals surface area (Å²) >= 11 is 0. The minimum atomic E-state index is -0.0805. The summed E-state index contributed by atoms with van der Waals surface area (Å²) in [4.78, 5) is 2.58. The predicted molar refractivity (Wildman–Crippen MR) is 102 cm³/mol. The fourth-order valence-corrected chi connectivity index (χ4v) is 4.12. The van der Waals surface area contributed by atoms with Gasteiger partial charge in [-0.15, -0.1) is 0 Å². The van der Waals surface area contributed by atoms with Gasteiger partial charge in [-0.1, -0.05) is 0 Å². The summed E-state index contributed by atoms with van der Waals surface area (Å²) in [5, 5.41) is 0. The van der Waals surface area contributed by atoms with Crippen LogP contribution in [0.15, 0.2) is 12.1 Å². The molecule has 2 aliphatic rings. The lowest BCUT2D eigenvalue weighted by molar-refractivity contribution is -0.0971. The molecule has 2 unspecified atom stereocenters. The number of hydrogen-bond donors (Lipinski definition) is 0. The van der Waals surface area contributed by atoms with Crippen molar-refractivity contribution in [3.63, 3.8) is 0 Å². The lowest BCUT2D eigenvalue weighted by Crippen LogP contribution is -2.47. The van der Waals surface area contributed by atoms with Crippen molar-refractivity contribution in [1.82, 2.24) is 4.90 Å². The molecule has 1 fully saturated rings. The van der Waals surface area contributed by atoms with Gasteiger partial charge in [-0.25, -0.2) is 0 Å². The van der Waals surface area contributed by atoms with Crippen molar-refractivity contribution in [3.05, 3.63) is 23.3 Å². The molecule has 1 aromatic carbocycles. The van der Waals surface area contributed by atoms with Gasteiger partial charge in [0.15, 0.2) is 11.5 Å². The van der Waals surface area contributed by atoms with Crippen LogP contribution in [-0.4, -0.2) is 57.1 Å². The van der Waals surface area contributed by atoms with Crippen LogP contribution in [0.1, 0.15) is 50.8 Å². The van der Waals surface area contributed by atoms with E-state index in [9.17, 15) is 0 Å². The number of ether oxygens (including phenoxy) is 4. The van der Waals surface area contributed by atoms with E-state index < -0.39 is 0 Å². The highest BCUT2D eigenvalue weighted by atomic mass is 16.5. The second kappa shape index (κ2) is 8.15. The van der Waals surface area contributed by atoms with E-state index in [1.54, 1.807) is 14.2 Å². The molecule has 0 amide bonds. The maximum Gasteiger partial charge on any atom is 0.161 e. The zero-order valence-corrected chi connectivity index (χ0v) is 16.8. The van der Waals surface area contributed by atoms with Crippen molar-refractivity contribution >= 4 is 0 Å². The van der Waals surface area contributed by atoms with Gasteiger partial charge in [0.2, 0.25) is 0 Å². The number of piperidine rings is 1. The third-order valence-electron chi connectivity index (χ3n) is 5.16. The first-order valence-corrected chi connectivity index (χ1v) is 9.65. The fraction of sp³-hybridized carbons (Fsp3) is 0.714. The van der Waals surface area contributed by atoms with Crippen LogP contribution in [0.25, 0.3) is 0 Å². The minimum Gasteiger partial charge on any atom is -0.493 e. The van der Waals surface area contributed by atoms with Crippen molar-refractivity contribution in [2.45, 2.75) is 57.8 Å². The molecular formula is C21H33NO4. The largest absolute Gasteiger partial charge is 0.493 e. The van der Waals surface area contributed by atoms with E-state index in [2.05, 4.69) is 37.8 Å². The first-order valence-electron chi connectivity index (χ1n) is 9.65. The minimum absolute atomic E-state index is 0.0805. The quantitative estimate of drug-likeness (QED) is 0.722. The Hall–Kier alpha value is -1.30. The van der Waals surface area contributed by atoms with Crippen molar-refractivity contribution in [3.8, 4) is 11.5 Å². The summed E-state index contributed by atoms with van der Waals surface area (Å²) in [6.07, 6.45) is 3.59. The maximum absolute atomic E-state index is 6.24. The van der Waals surface area contributed by atoms with Crippen LogP contribution in [0, 0.1) is 0 Å². The van der Waals surface area contributed by atoms with Gasteiger partial charge in [-0.2, -0.15) is 0 Å². The molecule has 146 valence electrons. The Morgan fingerprint density at radius 3 is 2.58 bits per heavy atom. The van der Waals surface area contributed by atoms with Gasteiger partial charge in [0, 0.05) is 26.2 Å². The number of fused-ring (bicyclic) bond motifs is 3. The Kier molecular flexibility index (Phi) is 6.10. The summed E-state index contributed by atoms with van der Waals surface area (Å²) in [6.45, 7) is 9.61. The summed E-state index contributed by atoms with van der Waals surface area (Å²) in [6, 6.07) is 4.80. The standard InChI is InChI=1S/C21H33NO4/c1-21(2,3)26-16-6-7-18-17-13-19(24-5)20(25-11-10-23-4)12-15(17)8-9-22(18)14-16/h12-13,16,18H,6-11,14H2,1-5H3. The lowest BCUT2D eigenvalue weighted by atomic mass is 9.85. The number of nitrogens with zero attached hydrogens (tertiary/aromatic N) is 1. The predicted octanol–water partition coefficient (Wildman–Crippen LogP) is 3.60. The summed E-state index contributed by atoms with van der Waals surface area (Å²) < 4.78 is 22.8. The summed E-state index contributed by atoms with van der Waals surface area (Å²) in [5.74, 6) is 1.64. The number of benzene rings is 1. The molecule has 0 saturated carbocycles. The zero-order chi connectivity index (χ0) is 18.7. The Morgan fingerprint density at radius 1 is 1.08 bits per heavy atom. The van der Waals surface area contributed by atoms with E-state index in [1.165, 1.54) is 11.1 Å². The molecule has 3 rings (SSSR count). The average molecular weight is 363 g/mol. The molecule has 1 saturated heterocycles. The van der Waals surface area contributed by atoms with Crippen molar-refractivity contribution < 1.29 is 18.9 Å². The molecule has 0 aliphatic carbocycles. The molecule has 2 heterocycles. The van der Waals surface area contributed by atoms with Crippen LogP contribution < -0.4 is 9.47 Å². The van der Waals surface area contributed by atoms with E-state index >= 15 is 0 Å². The van der Waals surface area contributed by atoms with Crippen molar-refractivity contribution in [1.29, 1.82) is 0 Å². The smallest absolute Gasteiger partial charge is 0.161 e. The zero-order valence-electron chi connectivity index (χ0n) is 16.8. The van der Waals surface area contributed by atoms with Crippen LogP contribution in [0.4, 0.5) is 0 Å². The van der Waals surface area contributed by atoms with Crippen molar-refractivity contribution in [2.75, 3.05) is 40.5 Å². The first-order chi connectivity index (χ1) is 12.4. The molecule has 0 aromatic heterocycles. The topological polar surface area (TPSA) is 40.2 Å². The number of hydrogen-bond acceptors (Lipinski definition) is 5. The Labute approximate surface area is 157 Å². The van der Waals surface area contributed by atoms with Crippen LogP contribution in [0.3, 0.4) is 0 Å². The van der Waals surface area contributed by atoms with E-state index in [4.69, 9.17) is 18.9 Å². The average Bonchev–Trinajstić information content (AvgIpc) is 2.59. The van der Waals surface area contributed by atoms with Crippen LogP contribution in [0.5, 0.6) is 11.5 Å². The highest BCUT2D eigenvalue weighted by Gasteiger charge is 2.35. The molecular weight excluding hydrogens is 330 g/mol. The molecule has 0 radical (unpaired) electrons. The Bertz CT molecular complexity index is 611. The number of methoxy groups -OCH3 is 2. The molecule has 2 aliphatic heterocycles. The van der Waals surface area contributed by atoms with E-state index in [1.807, 2.05) is 0 Å². The molecule has 1 aromatic rings. The molecule has 0 spiro atoms. The van der Waals surface area contributed by atoms with Crippen LogP contribution in [-0.2, 0) is 15.9 Å². The summed E-state index contributed by atoms with van der Waals surface area (Å²) in [5.41, 5.74) is 2.69. The molecule has 2 atom stereocenters. The van der Waals surface area contributed by atoms with Gasteiger partial charge in [-0.3, -0.25) is 4.90 Å². The van der Waals surface area contributed by atoms with E-state index in [-0.39, 0.29) is 5.60 Å². The molecule has 0 bridgehead atoms. The SMILES string of the molecule is COCCOc1cc2c(cc1OC)C1CCC(OC(C)(C)C)CN1CC2. The molecule has 0 N–H and O–H groups in total. The molecule has 5 nitrogen and oxygen atoms in total. The van der Waals surface area contributed by atoms with Gasteiger partial charge in [-0.05, 0) is 63.3 Å². The second-order valence-electron chi connectivity index (χ2n) is 8.23. The van der Waals surface area contributed by atoms with Crippen LogP contribution in [0.2, 0.25) is 0 Å². The Morgan fingerprint density at radius 2 is 1.88 bits per heavy atom. The maximum atomic E-state index is 6.24. The lowest BCUT2D eigenvalue weighted by Gasteiger charge is -2.44. The van der Waals surface area contributed by atoms with E-state index in [0.717, 1.165) is 43.9 Å².